The molecule has 0 saturated heterocycles. The van der Waals surface area contributed by atoms with Gasteiger partial charge in [-0.25, -0.2) is 0 Å². The Morgan fingerprint density at radius 3 is 1.86 bits per heavy atom. The molecule has 22 heavy (non-hydrogen) atoms. The maximum absolute atomic E-state index is 2.57. The van der Waals surface area contributed by atoms with E-state index in [-0.39, 0.29) is 0 Å². The standard InChI is InChI=1S/C22H40/c1-17(2)5-6-18(3)7-10-20-11-15-22(16-12-20)21-13-8-19(4)9-14-21/h7,10,17-22H,5-6,8-9,11-16H2,1-4H3/b10-7+. The van der Waals surface area contributed by atoms with Crippen LogP contribution in [0, 0.1) is 35.5 Å². The molecule has 0 radical (unpaired) electrons. The SMILES string of the molecule is CC(C)CCC(C)/C=C/C1CCC(C2CCC(C)CC2)CC1. The molecule has 2 fully saturated rings. The molecule has 0 heterocycles. The number of allylic oxidation sites excluding steroid dienone is 2. The van der Waals surface area contributed by atoms with E-state index in [2.05, 4.69) is 39.8 Å². The fourth-order valence-electron chi connectivity index (χ4n) is 4.61. The Morgan fingerprint density at radius 1 is 0.773 bits per heavy atom. The van der Waals surface area contributed by atoms with Crippen LogP contribution in [0.3, 0.4) is 0 Å². The second-order valence-corrected chi connectivity index (χ2v) is 9.03. The molecule has 0 amide bonds. The first-order chi connectivity index (χ1) is 10.5. The van der Waals surface area contributed by atoms with Gasteiger partial charge in [0.2, 0.25) is 0 Å². The molecule has 2 rings (SSSR count). The topological polar surface area (TPSA) is 0 Å². The minimum absolute atomic E-state index is 0.778. The molecule has 0 aromatic heterocycles. The van der Waals surface area contributed by atoms with Gasteiger partial charge in [0, 0.05) is 0 Å². The first-order valence-corrected chi connectivity index (χ1v) is 10.2. The summed E-state index contributed by atoms with van der Waals surface area (Å²) in [6.07, 6.45) is 19.8. The lowest BCUT2D eigenvalue weighted by Crippen LogP contribution is -2.24. The van der Waals surface area contributed by atoms with Gasteiger partial charge < -0.3 is 0 Å². The van der Waals surface area contributed by atoms with E-state index in [0.717, 1.165) is 35.5 Å². The Bertz CT molecular complexity index is 311. The van der Waals surface area contributed by atoms with Crippen LogP contribution in [-0.2, 0) is 0 Å². The summed E-state index contributed by atoms with van der Waals surface area (Å²) < 4.78 is 0. The van der Waals surface area contributed by atoms with E-state index >= 15 is 0 Å². The van der Waals surface area contributed by atoms with Crippen LogP contribution in [-0.4, -0.2) is 0 Å². The molecule has 1 unspecified atom stereocenters. The third kappa shape index (κ3) is 6.09. The van der Waals surface area contributed by atoms with Crippen molar-refractivity contribution in [2.75, 3.05) is 0 Å². The summed E-state index contributed by atoms with van der Waals surface area (Å²) in [5, 5.41) is 0. The average Bonchev–Trinajstić information content (AvgIpc) is 2.52. The summed E-state index contributed by atoms with van der Waals surface area (Å²) in [6.45, 7) is 9.51. The predicted molar refractivity (Wildman–Crippen MR) is 98.9 cm³/mol. The van der Waals surface area contributed by atoms with Gasteiger partial charge in [-0.05, 0) is 80.5 Å². The number of rotatable bonds is 6. The van der Waals surface area contributed by atoms with Crippen molar-refractivity contribution in [2.24, 2.45) is 35.5 Å². The lowest BCUT2D eigenvalue weighted by atomic mass is 9.69. The Morgan fingerprint density at radius 2 is 1.32 bits per heavy atom. The maximum atomic E-state index is 2.57. The van der Waals surface area contributed by atoms with E-state index in [1.165, 1.54) is 64.2 Å². The summed E-state index contributed by atoms with van der Waals surface area (Å²) in [5.41, 5.74) is 0. The smallest absolute Gasteiger partial charge is 0.0233 e. The molecule has 2 aliphatic rings. The van der Waals surface area contributed by atoms with Crippen LogP contribution in [0.1, 0.15) is 91.9 Å². The third-order valence-electron chi connectivity index (χ3n) is 6.45. The third-order valence-corrected chi connectivity index (χ3v) is 6.45. The van der Waals surface area contributed by atoms with Gasteiger partial charge in [-0.1, -0.05) is 59.1 Å². The van der Waals surface area contributed by atoms with Crippen molar-refractivity contribution < 1.29 is 0 Å². The molecule has 2 aliphatic carbocycles. The number of hydrogen-bond donors (Lipinski definition) is 0. The van der Waals surface area contributed by atoms with Crippen molar-refractivity contribution in [3.63, 3.8) is 0 Å². The van der Waals surface area contributed by atoms with Crippen LogP contribution >= 0.6 is 0 Å². The quantitative estimate of drug-likeness (QED) is 0.453. The minimum atomic E-state index is 0.778. The van der Waals surface area contributed by atoms with E-state index in [9.17, 15) is 0 Å². The Balaban J connectivity index is 1.66. The van der Waals surface area contributed by atoms with Crippen LogP contribution in [0.25, 0.3) is 0 Å². The first-order valence-electron chi connectivity index (χ1n) is 10.2. The summed E-state index contributed by atoms with van der Waals surface area (Å²) in [5.74, 6) is 5.66. The zero-order chi connectivity index (χ0) is 15.9. The van der Waals surface area contributed by atoms with Gasteiger partial charge in [0.1, 0.15) is 0 Å². The minimum Gasteiger partial charge on any atom is -0.0854 e. The molecular weight excluding hydrogens is 264 g/mol. The van der Waals surface area contributed by atoms with Gasteiger partial charge in [0.05, 0.1) is 0 Å². The van der Waals surface area contributed by atoms with Gasteiger partial charge in [-0.2, -0.15) is 0 Å². The van der Waals surface area contributed by atoms with E-state index < -0.39 is 0 Å². The highest BCUT2D eigenvalue weighted by Crippen LogP contribution is 2.41. The lowest BCUT2D eigenvalue weighted by molar-refractivity contribution is 0.160. The molecule has 0 spiro atoms. The van der Waals surface area contributed by atoms with E-state index in [1.54, 1.807) is 0 Å². The summed E-state index contributed by atoms with van der Waals surface area (Å²) >= 11 is 0. The molecule has 0 heteroatoms. The summed E-state index contributed by atoms with van der Waals surface area (Å²) in [6, 6.07) is 0. The molecular formula is C22H40. The van der Waals surface area contributed by atoms with Crippen molar-refractivity contribution in [1.29, 1.82) is 0 Å². The van der Waals surface area contributed by atoms with Crippen LogP contribution in [0.4, 0.5) is 0 Å². The van der Waals surface area contributed by atoms with Crippen LogP contribution in [0.15, 0.2) is 12.2 Å². The Kier molecular flexibility index (Phi) is 7.51. The molecule has 1 atom stereocenters. The molecule has 0 bridgehead atoms. The lowest BCUT2D eigenvalue weighted by Gasteiger charge is -2.36. The predicted octanol–water partition coefficient (Wildman–Crippen LogP) is 7.25. The summed E-state index contributed by atoms with van der Waals surface area (Å²) in [4.78, 5) is 0. The van der Waals surface area contributed by atoms with Gasteiger partial charge in [0.15, 0.2) is 0 Å². The molecule has 128 valence electrons. The van der Waals surface area contributed by atoms with E-state index in [4.69, 9.17) is 0 Å². The van der Waals surface area contributed by atoms with Crippen molar-refractivity contribution in [3.05, 3.63) is 12.2 Å². The molecule has 0 nitrogen and oxygen atoms in total. The Hall–Kier alpha value is -0.260. The molecule has 2 saturated carbocycles. The Labute approximate surface area is 140 Å². The van der Waals surface area contributed by atoms with Gasteiger partial charge in [-0.15, -0.1) is 0 Å². The van der Waals surface area contributed by atoms with E-state index in [1.807, 2.05) is 0 Å². The summed E-state index contributed by atoms with van der Waals surface area (Å²) in [7, 11) is 0. The van der Waals surface area contributed by atoms with E-state index in [0.29, 0.717) is 0 Å². The van der Waals surface area contributed by atoms with Crippen molar-refractivity contribution in [3.8, 4) is 0 Å². The highest BCUT2D eigenvalue weighted by Gasteiger charge is 2.29. The molecule has 0 aromatic carbocycles. The van der Waals surface area contributed by atoms with Gasteiger partial charge >= 0.3 is 0 Å². The zero-order valence-electron chi connectivity index (χ0n) is 15.7. The number of hydrogen-bond acceptors (Lipinski definition) is 0. The van der Waals surface area contributed by atoms with Crippen molar-refractivity contribution in [1.82, 2.24) is 0 Å². The highest BCUT2D eigenvalue weighted by atomic mass is 14.3. The fourth-order valence-corrected chi connectivity index (χ4v) is 4.61. The largest absolute Gasteiger partial charge is 0.0854 e. The van der Waals surface area contributed by atoms with Crippen LogP contribution in [0.2, 0.25) is 0 Å². The fraction of sp³-hybridized carbons (Fsp3) is 0.909. The molecule has 0 N–H and O–H groups in total. The second kappa shape index (κ2) is 9.14. The van der Waals surface area contributed by atoms with Gasteiger partial charge in [0.25, 0.3) is 0 Å². The van der Waals surface area contributed by atoms with Crippen molar-refractivity contribution in [2.45, 2.75) is 91.9 Å². The average molecular weight is 305 g/mol. The first kappa shape index (κ1) is 18.1. The van der Waals surface area contributed by atoms with Gasteiger partial charge in [-0.3, -0.25) is 0 Å². The molecule has 0 aromatic rings. The highest BCUT2D eigenvalue weighted by molar-refractivity contribution is 4.94. The van der Waals surface area contributed by atoms with Crippen molar-refractivity contribution >= 4 is 0 Å². The zero-order valence-corrected chi connectivity index (χ0v) is 15.7. The van der Waals surface area contributed by atoms with Crippen LogP contribution < -0.4 is 0 Å². The van der Waals surface area contributed by atoms with Crippen LogP contribution in [0.5, 0.6) is 0 Å². The normalized spacial score (nSPS) is 35.1. The monoisotopic (exact) mass is 304 g/mol. The second-order valence-electron chi connectivity index (χ2n) is 9.03. The molecule has 0 aliphatic heterocycles. The maximum Gasteiger partial charge on any atom is -0.0233 e.